The van der Waals surface area contributed by atoms with Crippen molar-refractivity contribution in [2.45, 2.75) is 13.8 Å². The summed E-state index contributed by atoms with van der Waals surface area (Å²) in [5.74, 6) is 0. The largest absolute Gasteiger partial charge is 0.0892 e. The van der Waals surface area contributed by atoms with Crippen LogP contribution in [0.3, 0.4) is 0 Å². The third-order valence-corrected chi connectivity index (χ3v) is 0.921. The molecule has 0 aromatic rings. The van der Waals surface area contributed by atoms with Crippen LogP contribution in [0.15, 0.2) is 10.6 Å². The molecule has 0 aromatic heterocycles. The summed E-state index contributed by atoms with van der Waals surface area (Å²) in [6, 6.07) is 0. The van der Waals surface area contributed by atoms with Crippen LogP contribution in [0.25, 0.3) is 0 Å². The lowest BCUT2D eigenvalue weighted by Crippen LogP contribution is -1.63. The number of allylic oxidation sites excluding steroid dienone is 2. The lowest BCUT2D eigenvalue weighted by atomic mass is 10.3. The minimum absolute atomic E-state index is 0.648. The van der Waals surface area contributed by atoms with E-state index in [0.717, 1.165) is 5.57 Å². The standard InChI is InChI=1S/C5H8Cl/c1-4(2)5(3)6/h3H2,1-2H3. The molecule has 35 valence electrons. The van der Waals surface area contributed by atoms with E-state index in [1.54, 1.807) is 0 Å². The molecule has 0 bridgehead atoms. The SMILES string of the molecule is [CH2]C(Cl)=C(C)C. The molecule has 0 nitrogen and oxygen atoms in total. The Kier molecular flexibility index (Phi) is 2.26. The molecule has 1 heteroatoms. The second kappa shape index (κ2) is 2.25. The molecule has 0 fully saturated rings. The fourth-order valence-corrected chi connectivity index (χ4v) is 0. The van der Waals surface area contributed by atoms with E-state index in [1.165, 1.54) is 0 Å². The molecule has 0 aliphatic carbocycles. The van der Waals surface area contributed by atoms with Crippen molar-refractivity contribution < 1.29 is 0 Å². The number of halogens is 1. The fourth-order valence-electron chi connectivity index (χ4n) is 0. The third kappa shape index (κ3) is 2.28. The van der Waals surface area contributed by atoms with Crippen LogP contribution in [-0.2, 0) is 0 Å². The van der Waals surface area contributed by atoms with Crippen molar-refractivity contribution in [2.24, 2.45) is 0 Å². The first kappa shape index (κ1) is 6.03. The third-order valence-electron chi connectivity index (χ3n) is 0.543. The van der Waals surface area contributed by atoms with Crippen molar-refractivity contribution in [3.63, 3.8) is 0 Å². The van der Waals surface area contributed by atoms with E-state index in [1.807, 2.05) is 13.8 Å². The highest BCUT2D eigenvalue weighted by atomic mass is 35.5. The average molecular weight is 104 g/mol. The topological polar surface area (TPSA) is 0 Å². The normalized spacial score (nSPS) is 8.00. The van der Waals surface area contributed by atoms with Gasteiger partial charge in [0, 0.05) is 5.03 Å². The second-order valence-electron chi connectivity index (χ2n) is 1.40. The lowest BCUT2D eigenvalue weighted by molar-refractivity contribution is 1.38. The van der Waals surface area contributed by atoms with Crippen molar-refractivity contribution >= 4 is 11.6 Å². The summed E-state index contributed by atoms with van der Waals surface area (Å²) in [5, 5.41) is 0.648. The van der Waals surface area contributed by atoms with E-state index in [-0.39, 0.29) is 0 Å². The van der Waals surface area contributed by atoms with Gasteiger partial charge in [0.15, 0.2) is 0 Å². The Morgan fingerprint density at radius 2 is 1.67 bits per heavy atom. The smallest absolute Gasteiger partial charge is 0.0171 e. The summed E-state index contributed by atoms with van der Waals surface area (Å²) in [7, 11) is 0. The Morgan fingerprint density at radius 3 is 1.67 bits per heavy atom. The first-order valence-corrected chi connectivity index (χ1v) is 2.17. The number of hydrogen-bond acceptors (Lipinski definition) is 0. The molecule has 0 aliphatic heterocycles. The van der Waals surface area contributed by atoms with Crippen LogP contribution >= 0.6 is 11.6 Å². The molecule has 0 amide bonds. The first-order chi connectivity index (χ1) is 2.64. The highest BCUT2D eigenvalue weighted by Crippen LogP contribution is 2.03. The van der Waals surface area contributed by atoms with Gasteiger partial charge in [0.25, 0.3) is 0 Å². The van der Waals surface area contributed by atoms with E-state index >= 15 is 0 Å². The maximum absolute atomic E-state index is 5.38. The van der Waals surface area contributed by atoms with Gasteiger partial charge in [-0.2, -0.15) is 0 Å². The molecule has 0 N–H and O–H groups in total. The summed E-state index contributed by atoms with van der Waals surface area (Å²) in [6.07, 6.45) is 0. The van der Waals surface area contributed by atoms with Crippen molar-refractivity contribution in [1.29, 1.82) is 0 Å². The Bertz CT molecular complexity index is 54.0. The van der Waals surface area contributed by atoms with Crippen LogP contribution in [0.4, 0.5) is 0 Å². The van der Waals surface area contributed by atoms with Crippen molar-refractivity contribution in [3.05, 3.63) is 17.5 Å². The predicted molar refractivity (Wildman–Crippen MR) is 29.6 cm³/mol. The minimum Gasteiger partial charge on any atom is -0.0892 e. The molecule has 0 spiro atoms. The van der Waals surface area contributed by atoms with Crippen LogP contribution in [-0.4, -0.2) is 0 Å². The molecular weight excluding hydrogens is 95.5 g/mol. The Hall–Kier alpha value is 0.0300. The van der Waals surface area contributed by atoms with Gasteiger partial charge < -0.3 is 0 Å². The summed E-state index contributed by atoms with van der Waals surface area (Å²) in [4.78, 5) is 0. The van der Waals surface area contributed by atoms with Crippen LogP contribution in [0, 0.1) is 6.92 Å². The molecular formula is C5H8Cl. The van der Waals surface area contributed by atoms with E-state index in [9.17, 15) is 0 Å². The zero-order valence-corrected chi connectivity index (χ0v) is 4.84. The average Bonchev–Trinajstić information content (AvgIpc) is 1.36. The van der Waals surface area contributed by atoms with Crippen molar-refractivity contribution in [2.75, 3.05) is 0 Å². The Morgan fingerprint density at radius 1 is 1.50 bits per heavy atom. The van der Waals surface area contributed by atoms with E-state index in [0.29, 0.717) is 5.03 Å². The fraction of sp³-hybridized carbons (Fsp3) is 0.400. The van der Waals surface area contributed by atoms with Crippen molar-refractivity contribution in [3.8, 4) is 0 Å². The maximum Gasteiger partial charge on any atom is 0.0171 e. The van der Waals surface area contributed by atoms with Crippen LogP contribution < -0.4 is 0 Å². The van der Waals surface area contributed by atoms with Crippen LogP contribution in [0.1, 0.15) is 13.8 Å². The number of rotatable bonds is 0. The highest BCUT2D eigenvalue weighted by Gasteiger charge is 1.78. The molecule has 1 radical (unpaired) electrons. The molecule has 0 aliphatic rings. The summed E-state index contributed by atoms with van der Waals surface area (Å²) < 4.78 is 0. The van der Waals surface area contributed by atoms with E-state index in [4.69, 9.17) is 11.6 Å². The van der Waals surface area contributed by atoms with Gasteiger partial charge in [-0.25, -0.2) is 0 Å². The van der Waals surface area contributed by atoms with E-state index < -0.39 is 0 Å². The predicted octanol–water partition coefficient (Wildman–Crippen LogP) is 2.35. The van der Waals surface area contributed by atoms with Gasteiger partial charge >= 0.3 is 0 Å². The molecule has 0 saturated carbocycles. The van der Waals surface area contributed by atoms with Gasteiger partial charge in [-0.3, -0.25) is 0 Å². The highest BCUT2D eigenvalue weighted by molar-refractivity contribution is 6.30. The second-order valence-corrected chi connectivity index (χ2v) is 1.86. The van der Waals surface area contributed by atoms with Gasteiger partial charge in [-0.15, -0.1) is 0 Å². The summed E-state index contributed by atoms with van der Waals surface area (Å²) in [5.41, 5.74) is 1.08. The molecule has 0 rings (SSSR count). The monoisotopic (exact) mass is 103 g/mol. The van der Waals surface area contributed by atoms with Gasteiger partial charge in [-0.05, 0) is 20.8 Å². The van der Waals surface area contributed by atoms with Gasteiger partial charge in [0.2, 0.25) is 0 Å². The van der Waals surface area contributed by atoms with Crippen LogP contribution in [0.5, 0.6) is 0 Å². The first-order valence-electron chi connectivity index (χ1n) is 1.79. The van der Waals surface area contributed by atoms with Gasteiger partial charge in [0.05, 0.1) is 0 Å². The summed E-state index contributed by atoms with van der Waals surface area (Å²) >= 11 is 5.38. The zero-order valence-electron chi connectivity index (χ0n) is 4.09. The molecule has 0 saturated heterocycles. The Labute approximate surface area is 43.8 Å². The molecule has 0 atom stereocenters. The van der Waals surface area contributed by atoms with Crippen molar-refractivity contribution in [1.82, 2.24) is 0 Å². The van der Waals surface area contributed by atoms with Gasteiger partial charge in [0.1, 0.15) is 0 Å². The van der Waals surface area contributed by atoms with Gasteiger partial charge in [-0.1, -0.05) is 17.2 Å². The zero-order chi connectivity index (χ0) is 5.15. The molecule has 6 heavy (non-hydrogen) atoms. The molecule has 0 unspecified atom stereocenters. The number of hydrogen-bond donors (Lipinski definition) is 0. The Balaban J connectivity index is 3.68. The molecule has 0 heterocycles. The lowest BCUT2D eigenvalue weighted by Gasteiger charge is -1.84. The maximum atomic E-state index is 5.38. The van der Waals surface area contributed by atoms with E-state index in [2.05, 4.69) is 6.92 Å². The quantitative estimate of drug-likeness (QED) is 0.442. The summed E-state index contributed by atoms with van der Waals surface area (Å²) in [6.45, 7) is 7.33. The van der Waals surface area contributed by atoms with Crippen LogP contribution in [0.2, 0.25) is 0 Å². The molecule has 0 aromatic carbocycles. The minimum atomic E-state index is 0.648.